The maximum atomic E-state index is 13.2. The SMILES string of the molecule is CCN(Cc1cnn(C)c1)C(=O)[C@@]12CCCC[C@H]1CNC2. The molecule has 0 aromatic carbocycles. The quantitative estimate of drug-likeness (QED) is 0.915. The second-order valence-corrected chi connectivity index (χ2v) is 6.57. The number of rotatable bonds is 4. The molecule has 0 spiro atoms. The van der Waals surface area contributed by atoms with Crippen molar-refractivity contribution < 1.29 is 4.79 Å². The molecule has 5 nitrogen and oxygen atoms in total. The predicted octanol–water partition coefficient (Wildman–Crippen LogP) is 1.55. The molecule has 1 aliphatic heterocycles. The first-order chi connectivity index (χ1) is 10.2. The Bertz CT molecular complexity index is 512. The lowest BCUT2D eigenvalue weighted by Crippen LogP contribution is -2.49. The van der Waals surface area contributed by atoms with Crippen LogP contribution in [0.3, 0.4) is 0 Å². The molecule has 0 bridgehead atoms. The monoisotopic (exact) mass is 290 g/mol. The van der Waals surface area contributed by atoms with Crippen LogP contribution in [-0.2, 0) is 18.4 Å². The van der Waals surface area contributed by atoms with E-state index >= 15 is 0 Å². The van der Waals surface area contributed by atoms with Gasteiger partial charge in [0.05, 0.1) is 11.6 Å². The Morgan fingerprint density at radius 1 is 1.57 bits per heavy atom. The highest BCUT2D eigenvalue weighted by Gasteiger charge is 2.51. The zero-order valence-electron chi connectivity index (χ0n) is 13.1. The lowest BCUT2D eigenvalue weighted by Gasteiger charge is -2.40. The highest BCUT2D eigenvalue weighted by atomic mass is 16.2. The van der Waals surface area contributed by atoms with Crippen LogP contribution in [0.2, 0.25) is 0 Å². The van der Waals surface area contributed by atoms with Crippen molar-refractivity contribution in [1.82, 2.24) is 20.0 Å². The average Bonchev–Trinajstić information content (AvgIpc) is 3.10. The standard InChI is InChI=1S/C16H26N4O/c1-3-20(11-13-8-18-19(2)10-13)15(21)16-7-5-4-6-14(16)9-17-12-16/h8,10,14,17H,3-7,9,11-12H2,1-2H3/t14-,16+/m0/s1. The number of aryl methyl sites for hydroxylation is 1. The third kappa shape index (κ3) is 2.59. The minimum absolute atomic E-state index is 0.142. The smallest absolute Gasteiger partial charge is 0.230 e. The summed E-state index contributed by atoms with van der Waals surface area (Å²) in [7, 11) is 1.92. The number of aromatic nitrogens is 2. The van der Waals surface area contributed by atoms with Gasteiger partial charge in [-0.3, -0.25) is 9.48 Å². The molecule has 2 heterocycles. The summed E-state index contributed by atoms with van der Waals surface area (Å²) in [5.41, 5.74) is 0.971. The van der Waals surface area contributed by atoms with Gasteiger partial charge in [0.25, 0.3) is 0 Å². The Morgan fingerprint density at radius 3 is 3.14 bits per heavy atom. The number of amides is 1. The van der Waals surface area contributed by atoms with E-state index in [4.69, 9.17) is 0 Å². The molecule has 2 atom stereocenters. The highest BCUT2D eigenvalue weighted by Crippen LogP contribution is 2.45. The van der Waals surface area contributed by atoms with Crippen molar-refractivity contribution in [2.75, 3.05) is 19.6 Å². The molecule has 2 fully saturated rings. The normalized spacial score (nSPS) is 28.4. The van der Waals surface area contributed by atoms with Crippen LogP contribution >= 0.6 is 0 Å². The summed E-state index contributed by atoms with van der Waals surface area (Å²) in [6.07, 6.45) is 8.57. The zero-order chi connectivity index (χ0) is 14.9. The van der Waals surface area contributed by atoms with E-state index in [1.807, 2.05) is 24.3 Å². The largest absolute Gasteiger partial charge is 0.338 e. The van der Waals surface area contributed by atoms with Crippen LogP contribution < -0.4 is 5.32 Å². The molecule has 1 aromatic rings. The fourth-order valence-electron chi connectivity index (χ4n) is 4.08. The first-order valence-electron chi connectivity index (χ1n) is 8.13. The van der Waals surface area contributed by atoms with Gasteiger partial charge in [0.2, 0.25) is 5.91 Å². The van der Waals surface area contributed by atoms with Gasteiger partial charge in [-0.2, -0.15) is 5.10 Å². The Labute approximate surface area is 126 Å². The molecule has 5 heteroatoms. The number of nitrogens with one attached hydrogen (secondary N) is 1. The van der Waals surface area contributed by atoms with Crippen LogP contribution in [0.4, 0.5) is 0 Å². The maximum absolute atomic E-state index is 13.2. The average molecular weight is 290 g/mol. The molecule has 1 saturated heterocycles. The van der Waals surface area contributed by atoms with Crippen molar-refractivity contribution in [1.29, 1.82) is 0 Å². The molecule has 3 rings (SSSR count). The fourth-order valence-corrected chi connectivity index (χ4v) is 4.08. The van der Waals surface area contributed by atoms with Crippen molar-refractivity contribution in [2.24, 2.45) is 18.4 Å². The van der Waals surface area contributed by atoms with Crippen molar-refractivity contribution in [3.8, 4) is 0 Å². The number of carbonyl (C=O) groups is 1. The summed E-state index contributed by atoms with van der Waals surface area (Å²) in [6, 6.07) is 0. The molecule has 0 radical (unpaired) electrons. The van der Waals surface area contributed by atoms with E-state index in [1.165, 1.54) is 19.3 Å². The van der Waals surface area contributed by atoms with Gasteiger partial charge in [-0.1, -0.05) is 12.8 Å². The number of carbonyl (C=O) groups excluding carboxylic acids is 1. The summed E-state index contributed by atoms with van der Waals surface area (Å²) in [4.78, 5) is 15.2. The van der Waals surface area contributed by atoms with Gasteiger partial charge in [-0.05, 0) is 32.2 Å². The number of hydrogen-bond donors (Lipinski definition) is 1. The van der Waals surface area contributed by atoms with Gasteiger partial charge in [-0.25, -0.2) is 0 Å². The number of fused-ring (bicyclic) bond motifs is 1. The van der Waals surface area contributed by atoms with Gasteiger partial charge < -0.3 is 10.2 Å². The summed E-state index contributed by atoms with van der Waals surface area (Å²) >= 11 is 0. The lowest BCUT2D eigenvalue weighted by atomic mass is 9.67. The second kappa shape index (κ2) is 5.79. The van der Waals surface area contributed by atoms with Crippen molar-refractivity contribution in [3.63, 3.8) is 0 Å². The molecule has 1 N–H and O–H groups in total. The van der Waals surface area contributed by atoms with E-state index in [2.05, 4.69) is 17.3 Å². The van der Waals surface area contributed by atoms with E-state index in [0.29, 0.717) is 18.4 Å². The van der Waals surface area contributed by atoms with Crippen LogP contribution in [0, 0.1) is 11.3 Å². The van der Waals surface area contributed by atoms with Crippen LogP contribution in [0.25, 0.3) is 0 Å². The van der Waals surface area contributed by atoms with Crippen molar-refractivity contribution in [3.05, 3.63) is 18.0 Å². The Balaban J connectivity index is 1.78. The van der Waals surface area contributed by atoms with Gasteiger partial charge in [0, 0.05) is 38.4 Å². The predicted molar refractivity (Wildman–Crippen MR) is 81.6 cm³/mol. The lowest BCUT2D eigenvalue weighted by molar-refractivity contribution is -0.145. The van der Waals surface area contributed by atoms with E-state index in [1.54, 1.807) is 4.68 Å². The van der Waals surface area contributed by atoms with Crippen LogP contribution in [0.1, 0.15) is 38.2 Å². The minimum atomic E-state index is -0.142. The zero-order valence-corrected chi connectivity index (χ0v) is 13.1. The van der Waals surface area contributed by atoms with Crippen molar-refractivity contribution >= 4 is 5.91 Å². The summed E-state index contributed by atoms with van der Waals surface area (Å²) in [5.74, 6) is 0.880. The van der Waals surface area contributed by atoms with E-state index in [0.717, 1.165) is 31.6 Å². The van der Waals surface area contributed by atoms with Gasteiger partial charge in [0.15, 0.2) is 0 Å². The first-order valence-corrected chi connectivity index (χ1v) is 8.13. The third-order valence-corrected chi connectivity index (χ3v) is 5.26. The molecule has 1 saturated carbocycles. The number of hydrogen-bond acceptors (Lipinski definition) is 3. The molecule has 1 amide bonds. The topological polar surface area (TPSA) is 50.2 Å². The maximum Gasteiger partial charge on any atom is 0.230 e. The Kier molecular flexibility index (Phi) is 4.02. The highest BCUT2D eigenvalue weighted by molar-refractivity contribution is 5.84. The van der Waals surface area contributed by atoms with Crippen LogP contribution in [-0.4, -0.2) is 40.2 Å². The van der Waals surface area contributed by atoms with E-state index < -0.39 is 0 Å². The molecule has 116 valence electrons. The summed E-state index contributed by atoms with van der Waals surface area (Å²) in [5, 5.41) is 7.68. The molecule has 2 aliphatic rings. The summed E-state index contributed by atoms with van der Waals surface area (Å²) < 4.78 is 1.80. The molecule has 0 unspecified atom stereocenters. The van der Waals surface area contributed by atoms with Gasteiger partial charge in [0.1, 0.15) is 0 Å². The van der Waals surface area contributed by atoms with Crippen LogP contribution in [0.5, 0.6) is 0 Å². The van der Waals surface area contributed by atoms with Gasteiger partial charge >= 0.3 is 0 Å². The molecule has 1 aliphatic carbocycles. The van der Waals surface area contributed by atoms with E-state index in [9.17, 15) is 4.79 Å². The Hall–Kier alpha value is -1.36. The Morgan fingerprint density at radius 2 is 2.43 bits per heavy atom. The second-order valence-electron chi connectivity index (χ2n) is 6.57. The number of nitrogens with zero attached hydrogens (tertiary/aromatic N) is 3. The fraction of sp³-hybridized carbons (Fsp3) is 0.750. The van der Waals surface area contributed by atoms with E-state index in [-0.39, 0.29) is 5.41 Å². The molecular formula is C16H26N4O. The summed E-state index contributed by atoms with van der Waals surface area (Å²) in [6.45, 7) is 5.39. The van der Waals surface area contributed by atoms with Crippen molar-refractivity contribution in [2.45, 2.75) is 39.2 Å². The van der Waals surface area contributed by atoms with Gasteiger partial charge in [-0.15, -0.1) is 0 Å². The third-order valence-electron chi connectivity index (χ3n) is 5.26. The molecular weight excluding hydrogens is 264 g/mol. The first kappa shape index (κ1) is 14.6. The molecule has 21 heavy (non-hydrogen) atoms. The molecule has 1 aromatic heterocycles. The minimum Gasteiger partial charge on any atom is -0.338 e. The van der Waals surface area contributed by atoms with Crippen LogP contribution in [0.15, 0.2) is 12.4 Å².